The molecule has 0 spiro atoms. The molecule has 100 valence electrons. The summed E-state index contributed by atoms with van der Waals surface area (Å²) in [5.74, 6) is 1.79. The third-order valence-electron chi connectivity index (χ3n) is 3.98. The predicted octanol–water partition coefficient (Wildman–Crippen LogP) is 3.20. The molecule has 1 saturated carbocycles. The van der Waals surface area contributed by atoms with Gasteiger partial charge >= 0.3 is 0 Å². The van der Waals surface area contributed by atoms with Crippen molar-refractivity contribution in [1.82, 2.24) is 9.97 Å². The van der Waals surface area contributed by atoms with E-state index in [9.17, 15) is 0 Å². The molecule has 2 aromatic rings. The molecule has 1 aliphatic rings. The number of nitrogens with two attached hydrogens (primary N) is 1. The van der Waals surface area contributed by atoms with Gasteiger partial charge in [0.15, 0.2) is 0 Å². The molecule has 0 bridgehead atoms. The maximum atomic E-state index is 5.84. The maximum absolute atomic E-state index is 5.84. The molecule has 0 amide bonds. The summed E-state index contributed by atoms with van der Waals surface area (Å²) < 4.78 is 0. The molecule has 1 aromatic heterocycles. The lowest BCUT2D eigenvalue weighted by Gasteiger charge is -2.11. The molecule has 4 heteroatoms. The molecule has 0 unspecified atom stereocenters. The number of nitrogens with one attached hydrogen (secondary N) is 1. The van der Waals surface area contributed by atoms with Crippen LogP contribution in [0.4, 0.5) is 11.5 Å². The van der Waals surface area contributed by atoms with Gasteiger partial charge in [0.1, 0.15) is 12.1 Å². The van der Waals surface area contributed by atoms with E-state index in [1.165, 1.54) is 32.1 Å². The summed E-state index contributed by atoms with van der Waals surface area (Å²) in [5.41, 5.74) is 7.53. The summed E-state index contributed by atoms with van der Waals surface area (Å²) in [7, 11) is 0. The highest BCUT2D eigenvalue weighted by molar-refractivity contribution is 5.91. The average molecular weight is 256 g/mol. The van der Waals surface area contributed by atoms with Gasteiger partial charge < -0.3 is 11.1 Å². The Hall–Kier alpha value is -1.84. The number of anilines is 2. The van der Waals surface area contributed by atoms with E-state index in [-0.39, 0.29) is 0 Å². The summed E-state index contributed by atoms with van der Waals surface area (Å²) in [6, 6.07) is 5.75. The van der Waals surface area contributed by atoms with Crippen molar-refractivity contribution < 1.29 is 0 Å². The van der Waals surface area contributed by atoms with Gasteiger partial charge in [-0.15, -0.1) is 0 Å². The van der Waals surface area contributed by atoms with E-state index in [2.05, 4.69) is 15.3 Å². The van der Waals surface area contributed by atoms with Crippen LogP contribution in [0.2, 0.25) is 0 Å². The maximum Gasteiger partial charge on any atom is 0.137 e. The second-order valence-electron chi connectivity index (χ2n) is 5.36. The summed E-state index contributed by atoms with van der Waals surface area (Å²) in [6.45, 7) is 0.978. The summed E-state index contributed by atoms with van der Waals surface area (Å²) >= 11 is 0. The first-order valence-corrected chi connectivity index (χ1v) is 7.07. The Morgan fingerprint density at radius 3 is 2.89 bits per heavy atom. The van der Waals surface area contributed by atoms with Crippen LogP contribution in [0.3, 0.4) is 0 Å². The van der Waals surface area contributed by atoms with Gasteiger partial charge in [-0.3, -0.25) is 0 Å². The number of fused-ring (bicyclic) bond motifs is 1. The molecule has 1 fully saturated rings. The van der Waals surface area contributed by atoms with Crippen LogP contribution < -0.4 is 11.1 Å². The standard InChI is InChI=1S/C15H20N4/c16-12-5-6-14-13(9-12)15(19-10-18-14)17-8-7-11-3-1-2-4-11/h5-6,9-11H,1-4,7-8,16H2,(H,17,18,19). The fraction of sp³-hybridized carbons (Fsp3) is 0.467. The fourth-order valence-corrected chi connectivity index (χ4v) is 2.91. The fourth-order valence-electron chi connectivity index (χ4n) is 2.91. The van der Waals surface area contributed by atoms with Crippen LogP contribution in [-0.2, 0) is 0 Å². The Bertz CT molecular complexity index is 561. The first-order valence-electron chi connectivity index (χ1n) is 7.07. The molecule has 4 nitrogen and oxygen atoms in total. The number of benzene rings is 1. The zero-order valence-electron chi connectivity index (χ0n) is 11.1. The smallest absolute Gasteiger partial charge is 0.137 e. The monoisotopic (exact) mass is 256 g/mol. The normalized spacial score (nSPS) is 16.0. The second kappa shape index (κ2) is 5.43. The van der Waals surface area contributed by atoms with Gasteiger partial charge in [0, 0.05) is 17.6 Å². The molecule has 0 atom stereocenters. The van der Waals surface area contributed by atoms with Crippen LogP contribution in [0, 0.1) is 5.92 Å². The van der Waals surface area contributed by atoms with Crippen molar-refractivity contribution in [2.24, 2.45) is 5.92 Å². The zero-order chi connectivity index (χ0) is 13.1. The third-order valence-corrected chi connectivity index (χ3v) is 3.98. The van der Waals surface area contributed by atoms with Gasteiger partial charge in [0.2, 0.25) is 0 Å². The van der Waals surface area contributed by atoms with Gasteiger partial charge in [-0.05, 0) is 30.5 Å². The van der Waals surface area contributed by atoms with E-state index in [1.54, 1.807) is 6.33 Å². The lowest BCUT2D eigenvalue weighted by atomic mass is 10.0. The van der Waals surface area contributed by atoms with Gasteiger partial charge in [-0.2, -0.15) is 0 Å². The summed E-state index contributed by atoms with van der Waals surface area (Å²) in [4.78, 5) is 8.60. The molecule has 0 radical (unpaired) electrons. The number of nitrogens with zero attached hydrogens (tertiary/aromatic N) is 2. The first kappa shape index (κ1) is 12.2. The van der Waals surface area contributed by atoms with E-state index in [0.29, 0.717) is 0 Å². The molecular formula is C15H20N4. The highest BCUT2D eigenvalue weighted by Crippen LogP contribution is 2.28. The van der Waals surface area contributed by atoms with Crippen molar-refractivity contribution >= 4 is 22.4 Å². The molecule has 3 N–H and O–H groups in total. The number of nitrogen functional groups attached to an aromatic ring is 1. The van der Waals surface area contributed by atoms with E-state index in [4.69, 9.17) is 5.73 Å². The van der Waals surface area contributed by atoms with Crippen LogP contribution in [0.1, 0.15) is 32.1 Å². The second-order valence-corrected chi connectivity index (χ2v) is 5.36. The lowest BCUT2D eigenvalue weighted by molar-refractivity contribution is 0.518. The average Bonchev–Trinajstić information content (AvgIpc) is 2.92. The lowest BCUT2D eigenvalue weighted by Crippen LogP contribution is -2.08. The third kappa shape index (κ3) is 2.78. The number of rotatable bonds is 4. The van der Waals surface area contributed by atoms with E-state index in [1.807, 2.05) is 18.2 Å². The Balaban J connectivity index is 1.71. The van der Waals surface area contributed by atoms with Crippen molar-refractivity contribution in [2.75, 3.05) is 17.6 Å². The van der Waals surface area contributed by atoms with Gasteiger partial charge in [-0.25, -0.2) is 9.97 Å². The van der Waals surface area contributed by atoms with Crippen molar-refractivity contribution in [3.63, 3.8) is 0 Å². The number of aromatic nitrogens is 2. The summed E-state index contributed by atoms with van der Waals surface area (Å²) in [6.07, 6.45) is 8.41. The van der Waals surface area contributed by atoms with Gasteiger partial charge in [-0.1, -0.05) is 25.7 Å². The zero-order valence-corrected chi connectivity index (χ0v) is 11.1. The topological polar surface area (TPSA) is 63.8 Å². The number of hydrogen-bond donors (Lipinski definition) is 2. The molecule has 1 heterocycles. The van der Waals surface area contributed by atoms with Crippen LogP contribution in [0.25, 0.3) is 10.9 Å². The van der Waals surface area contributed by atoms with Crippen LogP contribution in [0.15, 0.2) is 24.5 Å². The minimum absolute atomic E-state index is 0.751. The van der Waals surface area contributed by atoms with E-state index >= 15 is 0 Å². The highest BCUT2D eigenvalue weighted by Gasteiger charge is 2.14. The molecule has 19 heavy (non-hydrogen) atoms. The minimum Gasteiger partial charge on any atom is -0.399 e. The Morgan fingerprint density at radius 1 is 1.21 bits per heavy atom. The Labute approximate surface area is 113 Å². The van der Waals surface area contributed by atoms with Gasteiger partial charge in [0.05, 0.1) is 5.52 Å². The van der Waals surface area contributed by atoms with Crippen molar-refractivity contribution in [3.8, 4) is 0 Å². The molecule has 0 saturated heterocycles. The van der Waals surface area contributed by atoms with Crippen LogP contribution >= 0.6 is 0 Å². The highest BCUT2D eigenvalue weighted by atomic mass is 15.0. The van der Waals surface area contributed by atoms with Crippen LogP contribution in [0.5, 0.6) is 0 Å². The minimum atomic E-state index is 0.751. The number of hydrogen-bond acceptors (Lipinski definition) is 4. The van der Waals surface area contributed by atoms with E-state index < -0.39 is 0 Å². The molecule has 1 aliphatic carbocycles. The van der Waals surface area contributed by atoms with Gasteiger partial charge in [0.25, 0.3) is 0 Å². The van der Waals surface area contributed by atoms with Crippen molar-refractivity contribution in [1.29, 1.82) is 0 Å². The Kier molecular flexibility index (Phi) is 3.49. The molecule has 3 rings (SSSR count). The van der Waals surface area contributed by atoms with Crippen molar-refractivity contribution in [3.05, 3.63) is 24.5 Å². The Morgan fingerprint density at radius 2 is 2.05 bits per heavy atom. The summed E-state index contributed by atoms with van der Waals surface area (Å²) in [5, 5.41) is 4.44. The SMILES string of the molecule is Nc1ccc2ncnc(NCCC3CCCC3)c2c1. The predicted molar refractivity (Wildman–Crippen MR) is 79.0 cm³/mol. The van der Waals surface area contributed by atoms with E-state index in [0.717, 1.165) is 34.9 Å². The van der Waals surface area contributed by atoms with Crippen molar-refractivity contribution in [2.45, 2.75) is 32.1 Å². The largest absolute Gasteiger partial charge is 0.399 e. The molecular weight excluding hydrogens is 236 g/mol. The quantitative estimate of drug-likeness (QED) is 0.824. The molecule has 1 aromatic carbocycles. The molecule has 0 aliphatic heterocycles. The first-order chi connectivity index (χ1) is 9.33. The van der Waals surface area contributed by atoms with Crippen LogP contribution in [-0.4, -0.2) is 16.5 Å².